The summed E-state index contributed by atoms with van der Waals surface area (Å²) in [4.78, 5) is 40.3. The summed E-state index contributed by atoms with van der Waals surface area (Å²) in [6, 6.07) is 14.7. The first-order chi connectivity index (χ1) is 14.0. The van der Waals surface area contributed by atoms with E-state index in [0.29, 0.717) is 30.2 Å². The molecule has 0 saturated carbocycles. The van der Waals surface area contributed by atoms with Crippen molar-refractivity contribution >= 4 is 40.7 Å². The average molecular weight is 412 g/mol. The lowest BCUT2D eigenvalue weighted by molar-refractivity contribution is -0.126. The lowest BCUT2D eigenvalue weighted by Crippen LogP contribution is -2.32. The molecule has 7 heteroatoms. The molecular formula is C22H22ClN3O3. The normalized spacial score (nSPS) is 19.1. The maximum Gasteiger partial charge on any atom is 0.227 e. The van der Waals surface area contributed by atoms with Crippen molar-refractivity contribution in [1.29, 1.82) is 0 Å². The molecule has 150 valence electrons. The second-order valence-electron chi connectivity index (χ2n) is 7.42. The number of nitrogens with one attached hydrogen (secondary N) is 1. The number of nitrogens with zero attached hydrogens (tertiary/aromatic N) is 2. The first-order valence-corrected chi connectivity index (χ1v) is 10.1. The van der Waals surface area contributed by atoms with Crippen LogP contribution in [0.3, 0.4) is 0 Å². The summed E-state index contributed by atoms with van der Waals surface area (Å²) in [6.07, 6.45) is 1.64. The molecule has 6 nitrogen and oxygen atoms in total. The van der Waals surface area contributed by atoms with Gasteiger partial charge in [-0.25, -0.2) is 0 Å². The molecule has 2 aliphatic rings. The van der Waals surface area contributed by atoms with E-state index in [1.165, 1.54) is 0 Å². The Kier molecular flexibility index (Phi) is 5.53. The zero-order valence-electron chi connectivity index (χ0n) is 15.9. The van der Waals surface area contributed by atoms with Gasteiger partial charge >= 0.3 is 0 Å². The molecule has 2 aromatic rings. The van der Waals surface area contributed by atoms with Gasteiger partial charge in [0.1, 0.15) is 0 Å². The van der Waals surface area contributed by atoms with Crippen LogP contribution >= 0.6 is 11.6 Å². The van der Waals surface area contributed by atoms with Crippen LogP contribution in [0, 0.1) is 5.92 Å². The molecule has 1 N–H and O–H groups in total. The number of carbonyl (C=O) groups is 3. The second-order valence-corrected chi connectivity index (χ2v) is 7.86. The minimum Gasteiger partial charge on any atom is -0.352 e. The maximum atomic E-state index is 12.6. The molecule has 0 spiro atoms. The summed E-state index contributed by atoms with van der Waals surface area (Å²) in [5.74, 6) is -0.492. The van der Waals surface area contributed by atoms with E-state index >= 15 is 0 Å². The van der Waals surface area contributed by atoms with Crippen LogP contribution in [0.1, 0.15) is 24.8 Å². The van der Waals surface area contributed by atoms with E-state index in [-0.39, 0.29) is 24.1 Å². The average Bonchev–Trinajstić information content (AvgIpc) is 3.32. The van der Waals surface area contributed by atoms with Gasteiger partial charge in [0.05, 0.1) is 5.92 Å². The summed E-state index contributed by atoms with van der Waals surface area (Å²) < 4.78 is 0. The molecule has 29 heavy (non-hydrogen) atoms. The van der Waals surface area contributed by atoms with Gasteiger partial charge in [0.25, 0.3) is 0 Å². The molecule has 2 aromatic carbocycles. The second kappa shape index (κ2) is 8.25. The van der Waals surface area contributed by atoms with Crippen molar-refractivity contribution in [2.75, 3.05) is 22.9 Å². The van der Waals surface area contributed by atoms with Crippen LogP contribution in [0.15, 0.2) is 48.5 Å². The van der Waals surface area contributed by atoms with E-state index in [1.807, 2.05) is 30.3 Å². The molecule has 3 amide bonds. The Balaban J connectivity index is 1.37. The van der Waals surface area contributed by atoms with E-state index in [0.717, 1.165) is 24.2 Å². The molecule has 0 radical (unpaired) electrons. The Morgan fingerprint density at radius 2 is 1.79 bits per heavy atom. The van der Waals surface area contributed by atoms with Crippen molar-refractivity contribution in [3.63, 3.8) is 0 Å². The third-order valence-corrected chi connectivity index (χ3v) is 5.61. The Hall–Kier alpha value is -2.86. The van der Waals surface area contributed by atoms with Crippen LogP contribution in [0.4, 0.5) is 11.4 Å². The third kappa shape index (κ3) is 4.27. The van der Waals surface area contributed by atoms with Crippen molar-refractivity contribution < 1.29 is 14.4 Å². The first kappa shape index (κ1) is 19.5. The number of amides is 3. The number of carbonyl (C=O) groups excluding carboxylic acids is 3. The molecule has 0 bridgehead atoms. The van der Waals surface area contributed by atoms with Gasteiger partial charge in [-0.05, 0) is 42.3 Å². The Bertz CT molecular complexity index is 962. The Morgan fingerprint density at radius 1 is 1.03 bits per heavy atom. The fourth-order valence-corrected chi connectivity index (χ4v) is 4.05. The molecule has 2 aliphatic heterocycles. The minimum atomic E-state index is -0.398. The number of halogens is 1. The van der Waals surface area contributed by atoms with E-state index < -0.39 is 5.92 Å². The molecule has 1 atom stereocenters. The smallest absolute Gasteiger partial charge is 0.227 e. The number of anilines is 2. The summed E-state index contributed by atoms with van der Waals surface area (Å²) >= 11 is 6.01. The van der Waals surface area contributed by atoms with E-state index in [4.69, 9.17) is 11.6 Å². The van der Waals surface area contributed by atoms with Crippen LogP contribution < -0.4 is 15.1 Å². The molecule has 2 fully saturated rings. The SMILES string of the molecule is O=C(NCc1cccc(N2CCCC2=O)c1)C1CC(=O)N(c2cccc(Cl)c2)C1. The minimum absolute atomic E-state index is 0.0815. The van der Waals surface area contributed by atoms with Gasteiger partial charge in [0, 0.05) is 48.9 Å². The molecule has 0 aromatic heterocycles. The van der Waals surface area contributed by atoms with Crippen molar-refractivity contribution in [3.05, 3.63) is 59.1 Å². The van der Waals surface area contributed by atoms with Crippen LogP contribution in [-0.4, -0.2) is 30.8 Å². The van der Waals surface area contributed by atoms with Gasteiger partial charge in [-0.2, -0.15) is 0 Å². The first-order valence-electron chi connectivity index (χ1n) is 9.74. The van der Waals surface area contributed by atoms with Gasteiger partial charge in [0.15, 0.2) is 0 Å². The van der Waals surface area contributed by atoms with Gasteiger partial charge in [-0.15, -0.1) is 0 Å². The highest BCUT2D eigenvalue weighted by Crippen LogP contribution is 2.27. The van der Waals surface area contributed by atoms with E-state index in [9.17, 15) is 14.4 Å². The van der Waals surface area contributed by atoms with Gasteiger partial charge in [-0.3, -0.25) is 14.4 Å². The van der Waals surface area contributed by atoms with Crippen LogP contribution in [0.5, 0.6) is 0 Å². The van der Waals surface area contributed by atoms with Crippen molar-refractivity contribution in [1.82, 2.24) is 5.32 Å². The predicted molar refractivity (Wildman–Crippen MR) is 112 cm³/mol. The predicted octanol–water partition coefficient (Wildman–Crippen LogP) is 3.14. The lowest BCUT2D eigenvalue weighted by atomic mass is 10.1. The van der Waals surface area contributed by atoms with Gasteiger partial charge in [-0.1, -0.05) is 29.8 Å². The molecular weight excluding hydrogens is 390 g/mol. The standard InChI is InChI=1S/C22H22ClN3O3/c23-17-5-2-7-19(12-17)26-14-16(11-21(26)28)22(29)24-13-15-4-1-6-18(10-15)25-9-3-8-20(25)27/h1-2,4-7,10,12,16H,3,8-9,11,13-14H2,(H,24,29). The van der Waals surface area contributed by atoms with Crippen LogP contribution in [0.2, 0.25) is 5.02 Å². The maximum absolute atomic E-state index is 12.6. The number of rotatable bonds is 5. The highest BCUT2D eigenvalue weighted by molar-refractivity contribution is 6.31. The zero-order chi connectivity index (χ0) is 20.4. The van der Waals surface area contributed by atoms with Crippen LogP contribution in [0.25, 0.3) is 0 Å². The van der Waals surface area contributed by atoms with Crippen molar-refractivity contribution in [2.45, 2.75) is 25.8 Å². The van der Waals surface area contributed by atoms with Gasteiger partial charge in [0.2, 0.25) is 17.7 Å². The molecule has 4 rings (SSSR count). The molecule has 1 unspecified atom stereocenters. The van der Waals surface area contributed by atoms with Gasteiger partial charge < -0.3 is 15.1 Å². The third-order valence-electron chi connectivity index (χ3n) is 5.38. The van der Waals surface area contributed by atoms with Crippen LogP contribution in [-0.2, 0) is 20.9 Å². The number of hydrogen-bond donors (Lipinski definition) is 1. The number of benzene rings is 2. The zero-order valence-corrected chi connectivity index (χ0v) is 16.7. The van der Waals surface area contributed by atoms with E-state index in [1.54, 1.807) is 28.0 Å². The van der Waals surface area contributed by atoms with Crippen molar-refractivity contribution in [2.24, 2.45) is 5.92 Å². The summed E-state index contributed by atoms with van der Waals surface area (Å²) in [7, 11) is 0. The van der Waals surface area contributed by atoms with E-state index in [2.05, 4.69) is 5.32 Å². The highest BCUT2D eigenvalue weighted by atomic mass is 35.5. The summed E-state index contributed by atoms with van der Waals surface area (Å²) in [5, 5.41) is 3.48. The monoisotopic (exact) mass is 411 g/mol. The fourth-order valence-electron chi connectivity index (χ4n) is 3.87. The Labute approximate surface area is 174 Å². The lowest BCUT2D eigenvalue weighted by Gasteiger charge is -2.18. The topological polar surface area (TPSA) is 69.7 Å². The quantitative estimate of drug-likeness (QED) is 0.821. The number of hydrogen-bond acceptors (Lipinski definition) is 3. The summed E-state index contributed by atoms with van der Waals surface area (Å²) in [5.41, 5.74) is 2.50. The largest absolute Gasteiger partial charge is 0.352 e. The Morgan fingerprint density at radius 3 is 2.52 bits per heavy atom. The fraction of sp³-hybridized carbons (Fsp3) is 0.318. The summed E-state index contributed by atoms with van der Waals surface area (Å²) in [6.45, 7) is 1.43. The molecule has 0 aliphatic carbocycles. The highest BCUT2D eigenvalue weighted by Gasteiger charge is 2.35. The molecule has 2 heterocycles. The molecule has 2 saturated heterocycles. The van der Waals surface area contributed by atoms with Crippen molar-refractivity contribution in [3.8, 4) is 0 Å².